The summed E-state index contributed by atoms with van der Waals surface area (Å²) in [7, 11) is -4.16. The third-order valence-corrected chi connectivity index (χ3v) is 5.91. The van der Waals surface area contributed by atoms with Gasteiger partial charge in [0.1, 0.15) is 4.90 Å². The number of aromatic hydroxyl groups is 1. The first-order valence-electron chi connectivity index (χ1n) is 7.07. The molecule has 0 bridgehead atoms. The van der Waals surface area contributed by atoms with Gasteiger partial charge in [-0.2, -0.15) is 0 Å². The SMILES string of the molecule is Cc1cc(C)c(S(=O)(=O)Nc2cc(Cl)c(O)c(Cl)c2)c(C(N)=O)c1C. The summed E-state index contributed by atoms with van der Waals surface area (Å²) in [5.74, 6) is -1.20. The molecule has 0 spiro atoms. The standard InChI is InChI=1S/C16H16Cl2N2O4S/c1-7-4-8(2)15(13(9(7)3)16(19)22)25(23,24)20-10-5-11(17)14(21)12(18)6-10/h4-6,20-21H,1-3H3,(H2,19,22). The summed E-state index contributed by atoms with van der Waals surface area (Å²) in [6.45, 7) is 4.96. The summed E-state index contributed by atoms with van der Waals surface area (Å²) in [4.78, 5) is 11.6. The number of anilines is 1. The summed E-state index contributed by atoms with van der Waals surface area (Å²) in [6.07, 6.45) is 0. The van der Waals surface area contributed by atoms with Crippen molar-refractivity contribution in [1.29, 1.82) is 0 Å². The molecule has 4 N–H and O–H groups in total. The molecular weight excluding hydrogens is 387 g/mol. The molecule has 25 heavy (non-hydrogen) atoms. The number of phenolic OH excluding ortho intramolecular Hbond substituents is 1. The second-order valence-corrected chi connectivity index (χ2v) is 8.03. The lowest BCUT2D eigenvalue weighted by atomic mass is 9.99. The van der Waals surface area contributed by atoms with Crippen LogP contribution in [0.15, 0.2) is 23.1 Å². The topological polar surface area (TPSA) is 109 Å². The number of carbonyl (C=O) groups is 1. The number of benzene rings is 2. The van der Waals surface area contributed by atoms with Gasteiger partial charge in [0.25, 0.3) is 10.0 Å². The summed E-state index contributed by atoms with van der Waals surface area (Å²) in [6, 6.07) is 4.08. The van der Waals surface area contributed by atoms with Gasteiger partial charge in [-0.25, -0.2) is 8.42 Å². The molecule has 2 rings (SSSR count). The average Bonchev–Trinajstić information content (AvgIpc) is 2.47. The van der Waals surface area contributed by atoms with Crippen LogP contribution in [0.25, 0.3) is 0 Å². The van der Waals surface area contributed by atoms with Crippen LogP contribution in [0.3, 0.4) is 0 Å². The fraction of sp³-hybridized carbons (Fsp3) is 0.188. The van der Waals surface area contributed by atoms with E-state index in [9.17, 15) is 18.3 Å². The van der Waals surface area contributed by atoms with Gasteiger partial charge in [0, 0.05) is 0 Å². The molecule has 0 heterocycles. The molecule has 0 fully saturated rings. The van der Waals surface area contributed by atoms with Gasteiger partial charge in [0.15, 0.2) is 5.75 Å². The average molecular weight is 403 g/mol. The fourth-order valence-corrected chi connectivity index (χ4v) is 4.56. The Hall–Kier alpha value is -1.96. The summed E-state index contributed by atoms with van der Waals surface area (Å²) in [5.41, 5.74) is 6.99. The van der Waals surface area contributed by atoms with Crippen molar-refractivity contribution in [1.82, 2.24) is 0 Å². The lowest BCUT2D eigenvalue weighted by molar-refractivity contribution is 0.0996. The quantitative estimate of drug-likeness (QED) is 0.679. The zero-order valence-electron chi connectivity index (χ0n) is 13.6. The van der Waals surface area contributed by atoms with Crippen molar-refractivity contribution in [3.8, 4) is 5.75 Å². The molecule has 0 unspecified atom stereocenters. The van der Waals surface area contributed by atoms with Gasteiger partial charge in [-0.1, -0.05) is 29.3 Å². The molecule has 0 radical (unpaired) electrons. The van der Waals surface area contributed by atoms with Gasteiger partial charge in [0.05, 0.1) is 21.3 Å². The molecular formula is C16H16Cl2N2O4S. The molecule has 2 aromatic rings. The van der Waals surface area contributed by atoms with E-state index in [0.29, 0.717) is 11.1 Å². The number of amides is 1. The molecule has 6 nitrogen and oxygen atoms in total. The smallest absolute Gasteiger partial charge is 0.262 e. The zero-order valence-corrected chi connectivity index (χ0v) is 16.0. The van der Waals surface area contributed by atoms with E-state index >= 15 is 0 Å². The van der Waals surface area contributed by atoms with Gasteiger partial charge in [-0.3, -0.25) is 9.52 Å². The molecule has 134 valence electrons. The molecule has 2 aromatic carbocycles. The van der Waals surface area contributed by atoms with Crippen LogP contribution in [-0.4, -0.2) is 19.4 Å². The molecule has 0 aliphatic heterocycles. The highest BCUT2D eigenvalue weighted by molar-refractivity contribution is 7.92. The first-order chi connectivity index (χ1) is 11.5. The minimum absolute atomic E-state index is 0.0425. The number of hydrogen-bond donors (Lipinski definition) is 3. The predicted octanol–water partition coefficient (Wildman–Crippen LogP) is 3.52. The van der Waals surface area contributed by atoms with E-state index in [-0.39, 0.29) is 31.9 Å². The highest BCUT2D eigenvalue weighted by Crippen LogP contribution is 2.36. The van der Waals surface area contributed by atoms with Crippen LogP contribution < -0.4 is 10.5 Å². The van der Waals surface area contributed by atoms with Crippen molar-refractivity contribution in [2.24, 2.45) is 5.73 Å². The number of nitrogens with one attached hydrogen (secondary N) is 1. The molecule has 0 saturated heterocycles. The lowest BCUT2D eigenvalue weighted by Crippen LogP contribution is -2.23. The van der Waals surface area contributed by atoms with Crippen molar-refractivity contribution in [3.05, 3.63) is 50.5 Å². The molecule has 0 atom stereocenters. The Morgan fingerprint density at radius 3 is 2.08 bits per heavy atom. The van der Waals surface area contributed by atoms with Gasteiger partial charge < -0.3 is 10.8 Å². The second kappa shape index (κ2) is 6.74. The molecule has 0 aromatic heterocycles. The Morgan fingerprint density at radius 1 is 1.08 bits per heavy atom. The number of halogens is 2. The first kappa shape index (κ1) is 19.4. The van der Waals surface area contributed by atoms with Crippen LogP contribution in [0.4, 0.5) is 5.69 Å². The van der Waals surface area contributed by atoms with E-state index in [1.165, 1.54) is 12.1 Å². The normalized spacial score (nSPS) is 11.4. The van der Waals surface area contributed by atoms with Crippen molar-refractivity contribution < 1.29 is 18.3 Å². The number of rotatable bonds is 4. The molecule has 9 heteroatoms. The monoisotopic (exact) mass is 402 g/mol. The third-order valence-electron chi connectivity index (χ3n) is 3.77. The Morgan fingerprint density at radius 2 is 1.60 bits per heavy atom. The highest BCUT2D eigenvalue weighted by Gasteiger charge is 2.27. The molecule has 1 amide bonds. The van der Waals surface area contributed by atoms with Crippen LogP contribution >= 0.6 is 23.2 Å². The van der Waals surface area contributed by atoms with Crippen molar-refractivity contribution in [3.63, 3.8) is 0 Å². The summed E-state index contributed by atoms with van der Waals surface area (Å²) < 4.78 is 28.0. The third kappa shape index (κ3) is 3.68. The van der Waals surface area contributed by atoms with Gasteiger partial charge in [-0.15, -0.1) is 0 Å². The Balaban J connectivity index is 2.66. The van der Waals surface area contributed by atoms with Crippen LogP contribution in [0.5, 0.6) is 5.75 Å². The van der Waals surface area contributed by atoms with Gasteiger partial charge in [-0.05, 0) is 49.6 Å². The van der Waals surface area contributed by atoms with Crippen molar-refractivity contribution >= 4 is 44.8 Å². The Labute approximate surface area is 155 Å². The van der Waals surface area contributed by atoms with Gasteiger partial charge >= 0.3 is 0 Å². The zero-order chi connectivity index (χ0) is 19.1. The van der Waals surface area contributed by atoms with Crippen LogP contribution in [0.1, 0.15) is 27.0 Å². The maximum atomic E-state index is 12.9. The number of aryl methyl sites for hydroxylation is 2. The van der Waals surface area contributed by atoms with Gasteiger partial charge in [0.2, 0.25) is 5.91 Å². The number of sulfonamides is 1. The number of hydrogen-bond acceptors (Lipinski definition) is 4. The largest absolute Gasteiger partial charge is 0.505 e. The van der Waals surface area contributed by atoms with Crippen molar-refractivity contribution in [2.45, 2.75) is 25.7 Å². The van der Waals surface area contributed by atoms with Crippen molar-refractivity contribution in [2.75, 3.05) is 4.72 Å². The van der Waals surface area contributed by atoms with Crippen LogP contribution in [0, 0.1) is 20.8 Å². The van der Waals surface area contributed by atoms with E-state index in [0.717, 1.165) is 5.56 Å². The summed E-state index contributed by atoms with van der Waals surface area (Å²) in [5, 5.41) is 9.34. The number of phenols is 1. The number of nitrogens with two attached hydrogens (primary N) is 1. The van der Waals surface area contributed by atoms with E-state index in [4.69, 9.17) is 28.9 Å². The van der Waals surface area contributed by atoms with E-state index in [2.05, 4.69) is 4.72 Å². The highest BCUT2D eigenvalue weighted by atomic mass is 35.5. The van der Waals surface area contributed by atoms with E-state index < -0.39 is 15.9 Å². The van der Waals surface area contributed by atoms with Crippen LogP contribution in [0.2, 0.25) is 10.0 Å². The molecule has 0 saturated carbocycles. The summed E-state index contributed by atoms with van der Waals surface area (Å²) >= 11 is 11.6. The van der Waals surface area contributed by atoms with E-state index in [1.54, 1.807) is 26.8 Å². The Kier molecular flexibility index (Phi) is 5.22. The van der Waals surface area contributed by atoms with E-state index in [1.807, 2.05) is 0 Å². The first-order valence-corrected chi connectivity index (χ1v) is 9.31. The maximum absolute atomic E-state index is 12.9. The second-order valence-electron chi connectivity index (χ2n) is 5.60. The minimum atomic E-state index is -4.16. The Bertz CT molecular complexity index is 965. The minimum Gasteiger partial charge on any atom is -0.505 e. The lowest BCUT2D eigenvalue weighted by Gasteiger charge is -2.17. The molecule has 0 aliphatic rings. The maximum Gasteiger partial charge on any atom is 0.262 e. The number of primary amides is 1. The number of carbonyl (C=O) groups excluding carboxylic acids is 1. The predicted molar refractivity (Wildman–Crippen MR) is 98.1 cm³/mol. The molecule has 0 aliphatic carbocycles. The van der Waals surface area contributed by atoms with Crippen LogP contribution in [-0.2, 0) is 10.0 Å². The fourth-order valence-electron chi connectivity index (χ4n) is 2.54.